The monoisotopic (exact) mass is 406 g/mol. The van der Waals surface area contributed by atoms with Gasteiger partial charge < -0.3 is 14.2 Å². The maximum atomic E-state index is 11.9. The fourth-order valence-electron chi connectivity index (χ4n) is 2.25. The van der Waals surface area contributed by atoms with Gasteiger partial charge in [-0.05, 0) is 32.4 Å². The molecule has 0 unspecified atom stereocenters. The molecule has 0 spiro atoms. The van der Waals surface area contributed by atoms with E-state index in [1.54, 1.807) is 18.4 Å². The van der Waals surface area contributed by atoms with Gasteiger partial charge in [-0.25, -0.2) is 9.78 Å². The zero-order valence-electron chi connectivity index (χ0n) is 15.9. The van der Waals surface area contributed by atoms with Gasteiger partial charge in [0.25, 0.3) is 5.91 Å². The molecule has 1 aromatic carbocycles. The van der Waals surface area contributed by atoms with Crippen molar-refractivity contribution in [2.75, 3.05) is 25.1 Å². The van der Waals surface area contributed by atoms with Gasteiger partial charge in [0.05, 0.1) is 18.7 Å². The molecule has 1 N–H and O–H groups in total. The standard InChI is InChI=1S/C19H22N2O6S/c1-4-25-17(23)8-14-11-28-19(20-14)21-16(22)9-27-18(24)10-26-15-6-5-12(2)7-13(15)3/h5-7,11H,4,8-10H2,1-3H3,(H,20,21,22). The Morgan fingerprint density at radius 2 is 1.89 bits per heavy atom. The number of ether oxygens (including phenoxy) is 3. The third-order valence-corrected chi connectivity index (χ3v) is 4.28. The Morgan fingerprint density at radius 3 is 2.61 bits per heavy atom. The topological polar surface area (TPSA) is 104 Å². The first-order valence-corrected chi connectivity index (χ1v) is 9.51. The van der Waals surface area contributed by atoms with Crippen LogP contribution in [0.1, 0.15) is 23.7 Å². The summed E-state index contributed by atoms with van der Waals surface area (Å²) in [7, 11) is 0. The summed E-state index contributed by atoms with van der Waals surface area (Å²) in [5.74, 6) is -0.985. The summed E-state index contributed by atoms with van der Waals surface area (Å²) >= 11 is 1.17. The minimum atomic E-state index is -0.655. The lowest BCUT2D eigenvalue weighted by Crippen LogP contribution is -2.23. The Balaban J connectivity index is 1.72. The van der Waals surface area contributed by atoms with Crippen LogP contribution in [0.15, 0.2) is 23.6 Å². The minimum absolute atomic E-state index is 0.0327. The predicted molar refractivity (Wildman–Crippen MR) is 103 cm³/mol. The number of amides is 1. The SMILES string of the molecule is CCOC(=O)Cc1csc(NC(=O)COC(=O)COc2ccc(C)cc2C)n1. The van der Waals surface area contributed by atoms with Crippen LogP contribution in [0.3, 0.4) is 0 Å². The number of hydrogen-bond acceptors (Lipinski definition) is 8. The Labute approximate surface area is 166 Å². The third-order valence-electron chi connectivity index (χ3n) is 3.47. The summed E-state index contributed by atoms with van der Waals surface area (Å²) in [5, 5.41) is 4.47. The highest BCUT2D eigenvalue weighted by Gasteiger charge is 2.13. The van der Waals surface area contributed by atoms with E-state index in [0.29, 0.717) is 23.2 Å². The molecule has 9 heteroatoms. The van der Waals surface area contributed by atoms with Gasteiger partial charge in [-0.15, -0.1) is 11.3 Å². The quantitative estimate of drug-likeness (QED) is 0.638. The van der Waals surface area contributed by atoms with E-state index in [-0.39, 0.29) is 19.0 Å². The second kappa shape index (κ2) is 10.4. The molecule has 0 fully saturated rings. The fourth-order valence-corrected chi connectivity index (χ4v) is 2.97. The minimum Gasteiger partial charge on any atom is -0.482 e. The van der Waals surface area contributed by atoms with E-state index in [0.717, 1.165) is 11.1 Å². The van der Waals surface area contributed by atoms with Crippen LogP contribution in [-0.4, -0.2) is 42.7 Å². The van der Waals surface area contributed by atoms with E-state index >= 15 is 0 Å². The predicted octanol–water partition coefficient (Wildman–Crippen LogP) is 2.43. The van der Waals surface area contributed by atoms with Gasteiger partial charge in [0.2, 0.25) is 0 Å². The Morgan fingerprint density at radius 1 is 1.11 bits per heavy atom. The second-order valence-corrected chi connectivity index (χ2v) is 6.75. The number of nitrogens with one attached hydrogen (secondary N) is 1. The lowest BCUT2D eigenvalue weighted by molar-refractivity contribution is -0.149. The lowest BCUT2D eigenvalue weighted by atomic mass is 10.1. The molecule has 2 aromatic rings. The van der Waals surface area contributed by atoms with Crippen molar-refractivity contribution in [2.45, 2.75) is 27.2 Å². The van der Waals surface area contributed by atoms with Crippen LogP contribution in [0, 0.1) is 13.8 Å². The number of anilines is 1. The first kappa shape index (κ1) is 21.4. The van der Waals surface area contributed by atoms with Crippen LogP contribution < -0.4 is 10.1 Å². The number of esters is 2. The van der Waals surface area contributed by atoms with Gasteiger partial charge >= 0.3 is 11.9 Å². The maximum Gasteiger partial charge on any atom is 0.344 e. The van der Waals surface area contributed by atoms with Gasteiger partial charge in [0.1, 0.15) is 5.75 Å². The summed E-state index contributed by atoms with van der Waals surface area (Å²) in [5.41, 5.74) is 2.50. The summed E-state index contributed by atoms with van der Waals surface area (Å²) in [6, 6.07) is 5.60. The third kappa shape index (κ3) is 6.99. The fraction of sp³-hybridized carbons (Fsp3) is 0.368. The Bertz CT molecular complexity index is 849. The van der Waals surface area contributed by atoms with E-state index in [4.69, 9.17) is 14.2 Å². The number of aryl methyl sites for hydroxylation is 2. The number of carbonyl (C=O) groups excluding carboxylic acids is 3. The average molecular weight is 406 g/mol. The zero-order chi connectivity index (χ0) is 20.5. The number of hydrogen-bond donors (Lipinski definition) is 1. The Kier molecular flexibility index (Phi) is 7.94. The molecule has 1 heterocycles. The zero-order valence-corrected chi connectivity index (χ0v) is 16.8. The molecule has 1 aromatic heterocycles. The van der Waals surface area contributed by atoms with Crippen molar-refractivity contribution >= 4 is 34.3 Å². The average Bonchev–Trinajstić information content (AvgIpc) is 3.06. The molecular formula is C19H22N2O6S. The first-order chi connectivity index (χ1) is 13.4. The molecule has 2 rings (SSSR count). The van der Waals surface area contributed by atoms with Crippen LogP contribution >= 0.6 is 11.3 Å². The van der Waals surface area contributed by atoms with E-state index < -0.39 is 18.5 Å². The Hall–Kier alpha value is -2.94. The number of aromatic nitrogens is 1. The van der Waals surface area contributed by atoms with Crippen molar-refractivity contribution in [1.29, 1.82) is 0 Å². The highest BCUT2D eigenvalue weighted by molar-refractivity contribution is 7.13. The smallest absolute Gasteiger partial charge is 0.344 e. The largest absolute Gasteiger partial charge is 0.482 e. The molecule has 0 saturated carbocycles. The van der Waals surface area contributed by atoms with Crippen molar-refractivity contribution < 1.29 is 28.6 Å². The molecule has 0 bridgehead atoms. The molecule has 0 atom stereocenters. The molecule has 28 heavy (non-hydrogen) atoms. The van der Waals surface area contributed by atoms with Crippen molar-refractivity contribution in [3.8, 4) is 5.75 Å². The molecule has 1 amide bonds. The number of carbonyl (C=O) groups is 3. The number of nitrogens with zero attached hydrogens (tertiary/aromatic N) is 1. The van der Waals surface area contributed by atoms with Crippen molar-refractivity contribution in [3.63, 3.8) is 0 Å². The molecule has 8 nitrogen and oxygen atoms in total. The number of thiazole rings is 1. The van der Waals surface area contributed by atoms with Crippen LogP contribution in [0.25, 0.3) is 0 Å². The molecule has 0 aliphatic rings. The van der Waals surface area contributed by atoms with Crippen molar-refractivity contribution in [2.24, 2.45) is 0 Å². The molecule has 0 aliphatic carbocycles. The van der Waals surface area contributed by atoms with Gasteiger partial charge in [0, 0.05) is 5.38 Å². The molecule has 0 aliphatic heterocycles. The molecular weight excluding hydrogens is 384 g/mol. The maximum absolute atomic E-state index is 11.9. The van der Waals surface area contributed by atoms with Crippen LogP contribution in [0.4, 0.5) is 5.13 Å². The first-order valence-electron chi connectivity index (χ1n) is 8.63. The van der Waals surface area contributed by atoms with Crippen LogP contribution in [0.5, 0.6) is 5.75 Å². The summed E-state index contributed by atoms with van der Waals surface area (Å²) in [6.45, 7) is 5.11. The van der Waals surface area contributed by atoms with Crippen LogP contribution in [0.2, 0.25) is 0 Å². The van der Waals surface area contributed by atoms with Gasteiger partial charge in [-0.3, -0.25) is 14.9 Å². The van der Waals surface area contributed by atoms with E-state index in [2.05, 4.69) is 10.3 Å². The summed E-state index contributed by atoms with van der Waals surface area (Å²) in [4.78, 5) is 39.1. The van der Waals surface area contributed by atoms with Crippen molar-refractivity contribution in [3.05, 3.63) is 40.4 Å². The highest BCUT2D eigenvalue weighted by atomic mass is 32.1. The summed E-state index contributed by atoms with van der Waals surface area (Å²) < 4.78 is 15.1. The molecule has 0 saturated heterocycles. The van der Waals surface area contributed by atoms with E-state index in [9.17, 15) is 14.4 Å². The number of benzene rings is 1. The van der Waals surface area contributed by atoms with Gasteiger partial charge in [-0.1, -0.05) is 17.7 Å². The normalized spacial score (nSPS) is 10.2. The highest BCUT2D eigenvalue weighted by Crippen LogP contribution is 2.18. The van der Waals surface area contributed by atoms with Gasteiger partial charge in [-0.2, -0.15) is 0 Å². The van der Waals surface area contributed by atoms with Gasteiger partial charge in [0.15, 0.2) is 18.3 Å². The molecule has 150 valence electrons. The van der Waals surface area contributed by atoms with E-state index in [1.807, 2.05) is 26.0 Å². The van der Waals surface area contributed by atoms with E-state index in [1.165, 1.54) is 11.3 Å². The summed E-state index contributed by atoms with van der Waals surface area (Å²) in [6.07, 6.45) is 0.0327. The second-order valence-electron chi connectivity index (χ2n) is 5.89. The molecule has 0 radical (unpaired) electrons. The number of rotatable bonds is 9. The van der Waals surface area contributed by atoms with Crippen LogP contribution in [-0.2, 0) is 30.3 Å². The van der Waals surface area contributed by atoms with Crippen molar-refractivity contribution in [1.82, 2.24) is 4.98 Å². The lowest BCUT2D eigenvalue weighted by Gasteiger charge is -2.09.